The van der Waals surface area contributed by atoms with Gasteiger partial charge in [0.2, 0.25) is 5.78 Å². The zero-order chi connectivity index (χ0) is 44.3. The number of nitrogens with zero attached hydrogens (tertiary/aromatic N) is 4. The molecule has 1 saturated heterocycles. The van der Waals surface area contributed by atoms with Gasteiger partial charge in [0, 0.05) is 18.2 Å². The zero-order valence-electron chi connectivity index (χ0n) is 35.8. The SMILES string of the molecule is CC(C)=C/C(=C\n1ncc(C(=O)c2cc3cc(OC4CCOCC4)c(Br)cc3n2C(=O)OC(C)(C)C)c1N(C(=O)OC(C)(C)C)C(=O)OC(C)(C)C)Oc1ccccc1F. The van der Waals surface area contributed by atoms with Crippen LogP contribution in [0.15, 0.2) is 70.5 Å². The molecular formula is C44H52BrFN4O10. The van der Waals surface area contributed by atoms with Crippen molar-refractivity contribution in [3.05, 3.63) is 87.6 Å². The van der Waals surface area contributed by atoms with Crippen LogP contribution in [0.1, 0.15) is 105 Å². The number of anilines is 1. The van der Waals surface area contributed by atoms with Gasteiger partial charge in [0.1, 0.15) is 40.1 Å². The summed E-state index contributed by atoms with van der Waals surface area (Å²) in [4.78, 5) is 58.2. The van der Waals surface area contributed by atoms with Crippen molar-refractivity contribution in [2.75, 3.05) is 18.1 Å². The number of amides is 2. The molecule has 0 unspecified atom stereocenters. The van der Waals surface area contributed by atoms with E-state index in [9.17, 15) is 18.8 Å². The second kappa shape index (κ2) is 18.0. The third kappa shape index (κ3) is 11.6. The summed E-state index contributed by atoms with van der Waals surface area (Å²) in [6, 6.07) is 10.6. The van der Waals surface area contributed by atoms with Crippen LogP contribution in [0.3, 0.4) is 0 Å². The van der Waals surface area contributed by atoms with Crippen LogP contribution in [0.25, 0.3) is 17.1 Å². The Labute approximate surface area is 357 Å². The fraction of sp³-hybridized carbons (Fsp3) is 0.432. The number of imide groups is 1. The molecule has 0 spiro atoms. The Morgan fingerprint density at radius 1 is 0.867 bits per heavy atom. The summed E-state index contributed by atoms with van der Waals surface area (Å²) < 4.78 is 52.6. The number of carbonyl (C=O) groups is 4. The van der Waals surface area contributed by atoms with Crippen molar-refractivity contribution >= 4 is 62.9 Å². The first-order chi connectivity index (χ1) is 27.9. The predicted molar refractivity (Wildman–Crippen MR) is 227 cm³/mol. The van der Waals surface area contributed by atoms with Crippen molar-refractivity contribution in [3.63, 3.8) is 0 Å². The van der Waals surface area contributed by atoms with Crippen LogP contribution in [-0.4, -0.2) is 74.5 Å². The van der Waals surface area contributed by atoms with Crippen molar-refractivity contribution in [1.29, 1.82) is 0 Å². The number of halogens is 2. The first-order valence-corrected chi connectivity index (χ1v) is 20.2. The van der Waals surface area contributed by atoms with Gasteiger partial charge in [0.15, 0.2) is 17.4 Å². The van der Waals surface area contributed by atoms with Gasteiger partial charge in [-0.05, 0) is 128 Å². The van der Waals surface area contributed by atoms with Gasteiger partial charge >= 0.3 is 18.3 Å². The quantitative estimate of drug-likeness (QED) is 0.0684. The Bertz CT molecular complexity index is 2300. The lowest BCUT2D eigenvalue weighted by Gasteiger charge is -2.29. The van der Waals surface area contributed by atoms with Crippen molar-refractivity contribution in [1.82, 2.24) is 14.3 Å². The van der Waals surface area contributed by atoms with E-state index in [4.69, 9.17) is 28.4 Å². The lowest BCUT2D eigenvalue weighted by atomic mass is 10.1. The monoisotopic (exact) mass is 894 g/mol. The number of hydrogen-bond donors (Lipinski definition) is 0. The summed E-state index contributed by atoms with van der Waals surface area (Å²) in [7, 11) is 0. The van der Waals surface area contributed by atoms with E-state index in [1.54, 1.807) is 100 Å². The number of ether oxygens (including phenoxy) is 6. The van der Waals surface area contributed by atoms with E-state index in [0.29, 0.717) is 52.1 Å². The second-order valence-electron chi connectivity index (χ2n) is 17.4. The zero-order valence-corrected chi connectivity index (χ0v) is 37.4. The average Bonchev–Trinajstić information content (AvgIpc) is 3.68. The van der Waals surface area contributed by atoms with Gasteiger partial charge in [0.25, 0.3) is 0 Å². The van der Waals surface area contributed by atoms with E-state index in [1.165, 1.54) is 30.5 Å². The van der Waals surface area contributed by atoms with E-state index >= 15 is 4.79 Å². The highest BCUT2D eigenvalue weighted by molar-refractivity contribution is 9.10. The molecule has 0 atom stereocenters. The van der Waals surface area contributed by atoms with E-state index in [-0.39, 0.29) is 28.9 Å². The molecular weight excluding hydrogens is 843 g/mol. The molecule has 2 aromatic carbocycles. The maximum Gasteiger partial charge on any atom is 0.425 e. The van der Waals surface area contributed by atoms with E-state index in [1.807, 2.05) is 0 Å². The lowest BCUT2D eigenvalue weighted by molar-refractivity contribution is 0.0253. The largest absolute Gasteiger partial charge is 0.489 e. The van der Waals surface area contributed by atoms with Crippen molar-refractivity contribution < 1.29 is 52.0 Å². The van der Waals surface area contributed by atoms with Gasteiger partial charge in [-0.2, -0.15) is 10.00 Å². The Balaban J connectivity index is 1.79. The number of fused-ring (bicyclic) bond motifs is 1. The normalized spacial score (nSPS) is 14.1. The molecule has 14 nitrogen and oxygen atoms in total. The minimum Gasteiger partial charge on any atom is -0.489 e. The summed E-state index contributed by atoms with van der Waals surface area (Å²) in [6.07, 6.45) is 1.94. The summed E-state index contributed by atoms with van der Waals surface area (Å²) in [5, 5.41) is 4.88. The number of para-hydroxylation sites is 1. The van der Waals surface area contributed by atoms with Gasteiger partial charge in [-0.1, -0.05) is 17.7 Å². The molecule has 0 radical (unpaired) electrons. The fourth-order valence-electron chi connectivity index (χ4n) is 5.93. The Kier molecular flexibility index (Phi) is 13.7. The van der Waals surface area contributed by atoms with Gasteiger partial charge in [0.05, 0.1) is 41.2 Å². The van der Waals surface area contributed by atoms with E-state index in [0.717, 1.165) is 21.0 Å². The maximum atomic E-state index is 15.2. The van der Waals surface area contributed by atoms with Gasteiger partial charge < -0.3 is 28.4 Å². The molecule has 322 valence electrons. The molecule has 1 fully saturated rings. The molecule has 0 saturated carbocycles. The topological polar surface area (TPSA) is 150 Å². The number of rotatable bonds is 9. The third-order valence-corrected chi connectivity index (χ3v) is 8.87. The summed E-state index contributed by atoms with van der Waals surface area (Å²) in [5.74, 6) is -1.56. The summed E-state index contributed by atoms with van der Waals surface area (Å²) in [6.45, 7) is 19.4. The van der Waals surface area contributed by atoms with Crippen LogP contribution in [-0.2, 0) is 18.9 Å². The molecule has 16 heteroatoms. The standard InChI is InChI=1S/C44H52BrFN4O10/c1-26(2)20-29(57-35-15-13-12-14-32(35)46)25-48-38(50(40(53)59-43(6,7)8)41(54)60-44(9,10)11)30(24-47-48)37(51)34-21-27-22-36(56-28-16-18-55-19-17-28)31(45)23-33(27)49(34)39(52)58-42(3,4)5/h12-15,20-25,28H,16-19H2,1-11H3/b29-25+. The molecule has 1 aliphatic rings. The molecule has 0 aliphatic carbocycles. The van der Waals surface area contributed by atoms with Gasteiger partial charge in [-0.3, -0.25) is 4.79 Å². The predicted octanol–water partition coefficient (Wildman–Crippen LogP) is 10.8. The van der Waals surface area contributed by atoms with Crippen molar-refractivity contribution in [2.24, 2.45) is 0 Å². The molecule has 4 aromatic rings. The Morgan fingerprint density at radius 2 is 1.47 bits per heavy atom. The second-order valence-corrected chi connectivity index (χ2v) is 18.2. The minimum absolute atomic E-state index is 0.0153. The molecule has 1 aliphatic heterocycles. The average molecular weight is 896 g/mol. The number of allylic oxidation sites excluding steroid dienone is 2. The van der Waals surface area contributed by atoms with Crippen LogP contribution in [0.5, 0.6) is 11.5 Å². The Hall–Kier alpha value is -5.48. The van der Waals surface area contributed by atoms with Gasteiger partial charge in [-0.25, -0.2) is 28.0 Å². The minimum atomic E-state index is -1.20. The highest BCUT2D eigenvalue weighted by atomic mass is 79.9. The van der Waals surface area contributed by atoms with Crippen LogP contribution in [0.4, 0.5) is 24.6 Å². The molecule has 0 bridgehead atoms. The molecule has 5 rings (SSSR count). The molecule has 2 aromatic heterocycles. The van der Waals surface area contributed by atoms with Crippen LogP contribution in [0.2, 0.25) is 0 Å². The van der Waals surface area contributed by atoms with Crippen LogP contribution in [0, 0.1) is 5.82 Å². The first kappa shape index (κ1) is 45.6. The highest BCUT2D eigenvalue weighted by Crippen LogP contribution is 2.37. The highest BCUT2D eigenvalue weighted by Gasteiger charge is 2.39. The molecule has 3 heterocycles. The number of ketones is 1. The van der Waals surface area contributed by atoms with Crippen molar-refractivity contribution in [3.8, 4) is 11.5 Å². The number of aromatic nitrogens is 3. The van der Waals surface area contributed by atoms with Crippen molar-refractivity contribution in [2.45, 2.75) is 112 Å². The van der Waals surface area contributed by atoms with Crippen LogP contribution < -0.4 is 14.4 Å². The Morgan fingerprint density at radius 3 is 2.03 bits per heavy atom. The van der Waals surface area contributed by atoms with E-state index in [2.05, 4.69) is 21.0 Å². The van der Waals surface area contributed by atoms with E-state index < -0.39 is 52.5 Å². The molecule has 60 heavy (non-hydrogen) atoms. The molecule has 0 N–H and O–H groups in total. The number of hydrogen-bond acceptors (Lipinski definition) is 11. The maximum absolute atomic E-state index is 15.2. The third-order valence-electron chi connectivity index (χ3n) is 8.25. The number of carbonyl (C=O) groups excluding carboxylic acids is 4. The van der Waals surface area contributed by atoms with Gasteiger partial charge in [-0.15, -0.1) is 0 Å². The summed E-state index contributed by atoms with van der Waals surface area (Å²) >= 11 is 3.59. The molecule has 2 amide bonds. The first-order valence-electron chi connectivity index (χ1n) is 19.4. The van der Waals surface area contributed by atoms with Crippen LogP contribution >= 0.6 is 15.9 Å². The smallest absolute Gasteiger partial charge is 0.425 e. The fourth-order valence-corrected chi connectivity index (χ4v) is 6.36. The number of benzene rings is 2. The lowest BCUT2D eigenvalue weighted by Crippen LogP contribution is -2.45. The summed E-state index contributed by atoms with van der Waals surface area (Å²) in [5.41, 5.74) is -2.70.